The Hall–Kier alpha value is -6.23. The lowest BCUT2D eigenvalue weighted by atomic mass is 10.0. The molecule has 0 spiro atoms. The standard InChI is InChI=1S/C44H48FN9O6S/c1-6-13-52(37(55)22-49-42(56)58-5)23-36-46-19-30(50-36)26-16-28(45)38-33-17-27-15-25(29-20-47-39(51-29)32-8-7-14-53(32)43(57)60-44(2,3)4)11-12-31(27)54(33)41(59-34(38)18-26)35-21-48-40(61-35)24-9-10-24/h11-12,15-21,24,32,41H,6-10,13-14,22-23H2,1-5H3,(H,46,50)(H,47,51)(H,49,56). The lowest BCUT2D eigenvalue weighted by molar-refractivity contribution is -0.130. The van der Waals surface area contributed by atoms with E-state index in [4.69, 9.17) is 19.4 Å². The van der Waals surface area contributed by atoms with E-state index in [9.17, 15) is 14.4 Å². The molecule has 0 bridgehead atoms. The molecule has 17 heteroatoms. The summed E-state index contributed by atoms with van der Waals surface area (Å²) in [6.07, 6.45) is 8.22. The van der Waals surface area contributed by atoms with Crippen LogP contribution in [0.25, 0.3) is 44.7 Å². The normalized spacial score (nSPS) is 17.2. The summed E-state index contributed by atoms with van der Waals surface area (Å²) in [7, 11) is 1.24. The van der Waals surface area contributed by atoms with Crippen molar-refractivity contribution in [1.29, 1.82) is 0 Å². The number of alkyl carbamates (subject to hydrolysis) is 1. The highest BCUT2D eigenvalue weighted by Gasteiger charge is 2.37. The summed E-state index contributed by atoms with van der Waals surface area (Å²) in [4.78, 5) is 62.5. The molecule has 9 rings (SSSR count). The number of hydrogen-bond donors (Lipinski definition) is 3. The number of imidazole rings is 2. The number of likely N-dealkylation sites (tertiary alicyclic amines) is 1. The number of ether oxygens (including phenoxy) is 3. The second-order valence-electron chi connectivity index (χ2n) is 16.8. The molecule has 2 atom stereocenters. The number of carbonyl (C=O) groups is 3. The summed E-state index contributed by atoms with van der Waals surface area (Å²) in [6, 6.07) is 11.2. The van der Waals surface area contributed by atoms with Crippen molar-refractivity contribution in [3.05, 3.63) is 82.3 Å². The first kappa shape index (κ1) is 40.2. The zero-order valence-corrected chi connectivity index (χ0v) is 35.5. The number of rotatable bonds is 11. The number of methoxy groups -OCH3 is 1. The van der Waals surface area contributed by atoms with Crippen LogP contribution >= 0.6 is 11.3 Å². The molecule has 2 unspecified atom stereocenters. The van der Waals surface area contributed by atoms with Crippen LogP contribution in [0.3, 0.4) is 0 Å². The summed E-state index contributed by atoms with van der Waals surface area (Å²) in [5, 5.41) is 4.40. The van der Waals surface area contributed by atoms with Gasteiger partial charge in [-0.25, -0.2) is 28.9 Å². The molecule has 6 heterocycles. The van der Waals surface area contributed by atoms with Crippen LogP contribution in [0.5, 0.6) is 5.75 Å². The topological polar surface area (TPSA) is 173 Å². The number of carbonyl (C=O) groups excluding carboxylic acids is 3. The second kappa shape index (κ2) is 16.0. The number of nitrogens with one attached hydrogen (secondary N) is 3. The van der Waals surface area contributed by atoms with Crippen LogP contribution in [0.2, 0.25) is 0 Å². The number of fused-ring (bicyclic) bond motifs is 5. The van der Waals surface area contributed by atoms with Crippen molar-refractivity contribution in [3.63, 3.8) is 0 Å². The maximum Gasteiger partial charge on any atom is 0.410 e. The van der Waals surface area contributed by atoms with Gasteiger partial charge in [-0.1, -0.05) is 13.0 Å². The molecule has 2 aromatic carbocycles. The third-order valence-corrected chi connectivity index (χ3v) is 12.3. The van der Waals surface area contributed by atoms with Crippen LogP contribution in [0.4, 0.5) is 14.0 Å². The average molecular weight is 850 g/mol. The lowest BCUT2D eigenvalue weighted by Crippen LogP contribution is -2.40. The van der Waals surface area contributed by atoms with Crippen molar-refractivity contribution >= 4 is 40.3 Å². The van der Waals surface area contributed by atoms with Gasteiger partial charge in [0, 0.05) is 41.7 Å². The van der Waals surface area contributed by atoms with Crippen molar-refractivity contribution < 1.29 is 33.0 Å². The van der Waals surface area contributed by atoms with Crippen molar-refractivity contribution in [1.82, 2.24) is 44.6 Å². The molecule has 1 saturated carbocycles. The molecule has 6 aromatic rings. The summed E-state index contributed by atoms with van der Waals surface area (Å²) in [5.41, 5.74) is 4.08. The molecule has 2 aliphatic heterocycles. The predicted octanol–water partition coefficient (Wildman–Crippen LogP) is 8.67. The molecule has 61 heavy (non-hydrogen) atoms. The van der Waals surface area contributed by atoms with Gasteiger partial charge in [-0.15, -0.1) is 11.3 Å². The summed E-state index contributed by atoms with van der Waals surface area (Å²) < 4.78 is 35.8. The Bertz CT molecular complexity index is 2640. The molecule has 318 valence electrons. The number of amides is 3. The van der Waals surface area contributed by atoms with Gasteiger partial charge >= 0.3 is 12.2 Å². The SMILES string of the molecule is CCCN(Cc1ncc(-c2cc(F)c3c(c2)OC(c2cnc(C4CC4)s2)n2c-3cc3cc(-c4cnc(C5CCCN5C(=O)OC(C)(C)C)[nH]4)ccc32)[nH]1)C(=O)CNC(=O)OC. The van der Waals surface area contributed by atoms with Crippen LogP contribution in [-0.4, -0.2) is 89.7 Å². The fourth-order valence-corrected chi connectivity index (χ4v) is 9.24. The van der Waals surface area contributed by atoms with Gasteiger partial charge in [-0.2, -0.15) is 0 Å². The van der Waals surface area contributed by atoms with Gasteiger partial charge in [0.15, 0.2) is 0 Å². The number of hydrogen-bond acceptors (Lipinski definition) is 10. The quantitative estimate of drug-likeness (QED) is 0.115. The minimum Gasteiger partial charge on any atom is -0.464 e. The molecular formula is C44H48FN9O6S. The van der Waals surface area contributed by atoms with E-state index in [0.29, 0.717) is 65.3 Å². The maximum absolute atomic E-state index is 16.7. The molecule has 3 N–H and O–H groups in total. The number of halogens is 1. The Morgan fingerprint density at radius 3 is 2.59 bits per heavy atom. The van der Waals surface area contributed by atoms with Gasteiger partial charge in [-0.3, -0.25) is 14.3 Å². The second-order valence-corrected chi connectivity index (χ2v) is 17.9. The predicted molar refractivity (Wildman–Crippen MR) is 226 cm³/mol. The van der Waals surface area contributed by atoms with Crippen molar-refractivity contribution in [3.8, 4) is 39.5 Å². The molecule has 1 aliphatic carbocycles. The number of thiazole rings is 1. The fraction of sp³-hybridized carbons (Fsp3) is 0.409. The Morgan fingerprint density at radius 1 is 1.02 bits per heavy atom. The molecule has 1 saturated heterocycles. The van der Waals surface area contributed by atoms with E-state index in [2.05, 4.69) is 31.1 Å². The zero-order valence-electron chi connectivity index (χ0n) is 34.7. The molecule has 15 nitrogen and oxygen atoms in total. The number of benzene rings is 2. The van der Waals surface area contributed by atoms with E-state index in [1.54, 1.807) is 33.5 Å². The van der Waals surface area contributed by atoms with Crippen molar-refractivity contribution in [2.45, 2.75) is 90.1 Å². The first-order valence-electron chi connectivity index (χ1n) is 20.7. The summed E-state index contributed by atoms with van der Waals surface area (Å²) in [5.74, 6) is 1.31. The van der Waals surface area contributed by atoms with Gasteiger partial charge in [0.25, 0.3) is 0 Å². The van der Waals surface area contributed by atoms with E-state index in [-0.39, 0.29) is 31.1 Å². The largest absolute Gasteiger partial charge is 0.464 e. The Morgan fingerprint density at radius 2 is 1.82 bits per heavy atom. The van der Waals surface area contributed by atoms with Crippen molar-refractivity contribution in [2.75, 3.05) is 26.7 Å². The molecule has 3 aliphatic rings. The van der Waals surface area contributed by atoms with Gasteiger partial charge < -0.3 is 34.4 Å². The van der Waals surface area contributed by atoms with Crippen LogP contribution < -0.4 is 10.1 Å². The number of nitrogens with zero attached hydrogens (tertiary/aromatic N) is 6. The number of aromatic nitrogens is 6. The maximum atomic E-state index is 16.7. The Kier molecular flexibility index (Phi) is 10.5. The molecular weight excluding hydrogens is 802 g/mol. The fourth-order valence-electron chi connectivity index (χ4n) is 8.13. The van der Waals surface area contributed by atoms with Crippen LogP contribution in [0, 0.1) is 5.82 Å². The minimum absolute atomic E-state index is 0.170. The van der Waals surface area contributed by atoms with Crippen molar-refractivity contribution in [2.24, 2.45) is 0 Å². The first-order chi connectivity index (χ1) is 29.4. The van der Waals surface area contributed by atoms with Crippen LogP contribution in [0.15, 0.2) is 55.0 Å². The average Bonchev–Trinajstić information content (AvgIpc) is 3.81. The van der Waals surface area contributed by atoms with Gasteiger partial charge in [0.2, 0.25) is 12.1 Å². The van der Waals surface area contributed by atoms with E-state index >= 15 is 4.39 Å². The highest BCUT2D eigenvalue weighted by Crippen LogP contribution is 2.49. The van der Waals surface area contributed by atoms with Gasteiger partial charge in [0.05, 0.1) is 70.1 Å². The van der Waals surface area contributed by atoms with Crippen LogP contribution in [-0.2, 0) is 20.8 Å². The van der Waals surface area contributed by atoms with E-state index in [1.807, 2.05) is 62.7 Å². The summed E-state index contributed by atoms with van der Waals surface area (Å²) >= 11 is 1.63. The van der Waals surface area contributed by atoms with E-state index in [1.165, 1.54) is 13.2 Å². The molecule has 4 aromatic heterocycles. The lowest BCUT2D eigenvalue weighted by Gasteiger charge is -2.29. The van der Waals surface area contributed by atoms with E-state index in [0.717, 1.165) is 57.7 Å². The smallest absolute Gasteiger partial charge is 0.410 e. The molecule has 2 fully saturated rings. The molecule has 0 radical (unpaired) electrons. The summed E-state index contributed by atoms with van der Waals surface area (Å²) in [6.45, 7) is 8.55. The van der Waals surface area contributed by atoms with E-state index < -0.39 is 23.7 Å². The number of H-pyrrole nitrogens is 2. The highest BCUT2D eigenvalue weighted by atomic mass is 32.1. The monoisotopic (exact) mass is 849 g/mol. The molecule has 3 amide bonds. The van der Waals surface area contributed by atoms with Gasteiger partial charge in [0.1, 0.15) is 35.4 Å². The zero-order chi connectivity index (χ0) is 42.6. The Labute approximate surface area is 355 Å². The first-order valence-corrected chi connectivity index (χ1v) is 21.5. The van der Waals surface area contributed by atoms with Gasteiger partial charge in [-0.05, 0) is 83.2 Å². The Balaban J connectivity index is 1.03. The third-order valence-electron chi connectivity index (χ3n) is 11.1. The third kappa shape index (κ3) is 8.05. The van der Waals surface area contributed by atoms with Crippen LogP contribution in [0.1, 0.15) is 99.5 Å². The highest BCUT2D eigenvalue weighted by molar-refractivity contribution is 7.11. The minimum atomic E-state index is -0.689. The number of aromatic amines is 2.